The molecular weight excluding hydrogens is 428 g/mol. The number of piperidine rings is 1. The van der Waals surface area contributed by atoms with Crippen molar-refractivity contribution in [2.45, 2.75) is 69.2 Å². The molecule has 1 saturated carbocycles. The van der Waals surface area contributed by atoms with Crippen LogP contribution in [0.1, 0.15) is 55.3 Å². The average Bonchev–Trinajstić information content (AvgIpc) is 2.80. The van der Waals surface area contributed by atoms with Crippen molar-refractivity contribution in [3.05, 3.63) is 56.5 Å². The minimum Gasteiger partial charge on any atom is -0.391 e. The molecule has 32 heavy (non-hydrogen) atoms. The number of hydrogen-bond donors (Lipinski definition) is 3. The zero-order chi connectivity index (χ0) is 22.3. The summed E-state index contributed by atoms with van der Waals surface area (Å²) in [4.78, 5) is 25.1. The smallest absolute Gasteiger partial charge is 0.257 e. The number of aromatic amines is 1. The van der Waals surface area contributed by atoms with Gasteiger partial charge in [-0.3, -0.25) is 14.7 Å². The first-order valence-electron chi connectivity index (χ1n) is 11.7. The van der Waals surface area contributed by atoms with Crippen LogP contribution in [0.15, 0.2) is 29.1 Å². The van der Waals surface area contributed by atoms with E-state index in [0.29, 0.717) is 43.4 Å². The van der Waals surface area contributed by atoms with Crippen LogP contribution in [-0.2, 0) is 18.6 Å². The van der Waals surface area contributed by atoms with Crippen molar-refractivity contribution in [1.29, 1.82) is 0 Å². The van der Waals surface area contributed by atoms with Gasteiger partial charge in [-0.05, 0) is 43.4 Å². The number of halogens is 1. The topological polar surface area (TPSA) is 92.7 Å². The van der Waals surface area contributed by atoms with Crippen molar-refractivity contribution in [3.63, 3.8) is 0 Å². The molecule has 2 atom stereocenters. The van der Waals surface area contributed by atoms with Gasteiger partial charge in [-0.25, -0.2) is 4.98 Å². The normalized spacial score (nSPS) is 26.0. The second kappa shape index (κ2) is 8.78. The summed E-state index contributed by atoms with van der Waals surface area (Å²) in [5.74, 6) is 0.595. The molecule has 1 saturated heterocycles. The van der Waals surface area contributed by atoms with Gasteiger partial charge in [0.2, 0.25) is 5.95 Å². The summed E-state index contributed by atoms with van der Waals surface area (Å²) < 4.78 is 0. The van der Waals surface area contributed by atoms with E-state index < -0.39 is 5.60 Å². The molecular formula is C24H31ClN4O3. The molecule has 1 aliphatic carbocycles. The van der Waals surface area contributed by atoms with Crippen molar-refractivity contribution in [2.75, 3.05) is 24.5 Å². The fourth-order valence-electron chi connectivity index (χ4n) is 5.52. The molecule has 0 spiro atoms. The lowest BCUT2D eigenvalue weighted by Crippen LogP contribution is -2.49. The number of nitrogens with one attached hydrogen (secondary N) is 1. The number of benzene rings is 1. The lowest BCUT2D eigenvalue weighted by molar-refractivity contribution is 0.0110. The van der Waals surface area contributed by atoms with Crippen LogP contribution in [0.2, 0.25) is 5.02 Å². The van der Waals surface area contributed by atoms with Gasteiger partial charge in [0, 0.05) is 43.7 Å². The highest BCUT2D eigenvalue weighted by molar-refractivity contribution is 6.30. The third-order valence-electron chi connectivity index (χ3n) is 7.52. The van der Waals surface area contributed by atoms with Gasteiger partial charge in [0.1, 0.15) is 0 Å². The first-order chi connectivity index (χ1) is 15.4. The monoisotopic (exact) mass is 458 g/mol. The first-order valence-corrected chi connectivity index (χ1v) is 12.1. The van der Waals surface area contributed by atoms with Gasteiger partial charge in [0.15, 0.2) is 0 Å². The Morgan fingerprint density at radius 3 is 2.53 bits per heavy atom. The number of hydrogen-bond acceptors (Lipinski definition) is 6. The van der Waals surface area contributed by atoms with Crippen molar-refractivity contribution < 1.29 is 10.2 Å². The van der Waals surface area contributed by atoms with Crippen molar-refractivity contribution >= 4 is 17.5 Å². The number of aliphatic hydroxyl groups is 2. The molecule has 2 fully saturated rings. The van der Waals surface area contributed by atoms with Gasteiger partial charge >= 0.3 is 0 Å². The molecule has 2 aromatic rings. The Morgan fingerprint density at radius 1 is 1.09 bits per heavy atom. The summed E-state index contributed by atoms with van der Waals surface area (Å²) >= 11 is 5.98. The Kier molecular flexibility index (Phi) is 6.01. The van der Waals surface area contributed by atoms with Crippen LogP contribution in [0.25, 0.3) is 0 Å². The lowest BCUT2D eigenvalue weighted by Gasteiger charge is -2.40. The quantitative estimate of drug-likeness (QED) is 0.654. The lowest BCUT2D eigenvalue weighted by atomic mass is 9.84. The Labute approximate surface area is 193 Å². The van der Waals surface area contributed by atoms with Crippen LogP contribution in [-0.4, -0.2) is 56.9 Å². The summed E-state index contributed by atoms with van der Waals surface area (Å²) in [6.45, 7) is 2.60. The van der Waals surface area contributed by atoms with E-state index in [2.05, 4.69) is 14.8 Å². The molecule has 0 unspecified atom stereocenters. The second-order valence-electron chi connectivity index (χ2n) is 9.48. The summed E-state index contributed by atoms with van der Waals surface area (Å²) in [5, 5.41) is 22.2. The average molecular weight is 459 g/mol. The number of anilines is 1. The van der Waals surface area contributed by atoms with Crippen LogP contribution in [0, 0.1) is 0 Å². The predicted molar refractivity (Wildman–Crippen MR) is 124 cm³/mol. The molecule has 3 N–H and O–H groups in total. The van der Waals surface area contributed by atoms with Gasteiger partial charge in [-0.2, -0.15) is 0 Å². The maximum Gasteiger partial charge on any atom is 0.257 e. The minimum atomic E-state index is -0.892. The number of fused-ring (bicyclic) bond motifs is 1. The largest absolute Gasteiger partial charge is 0.391 e. The molecule has 1 aromatic heterocycles. The van der Waals surface area contributed by atoms with E-state index >= 15 is 0 Å². The Hall–Kier alpha value is -1.93. The first kappa shape index (κ1) is 21.9. The maximum absolute atomic E-state index is 12.9. The SMILES string of the molecule is O=c1[nH]c(N2CCC(O)(c3ccc(Cl)cc3)CC2)nc2c1CN([C@H]1CCCC[C@@H]1O)CC2. The van der Waals surface area contributed by atoms with Gasteiger partial charge in [0.05, 0.1) is 23.0 Å². The summed E-state index contributed by atoms with van der Waals surface area (Å²) in [7, 11) is 0. The number of aromatic nitrogens is 2. The van der Waals surface area contributed by atoms with E-state index in [1.54, 1.807) is 12.1 Å². The highest BCUT2D eigenvalue weighted by atomic mass is 35.5. The third kappa shape index (κ3) is 4.19. The van der Waals surface area contributed by atoms with Crippen LogP contribution >= 0.6 is 11.6 Å². The Bertz CT molecular complexity index is 1020. The number of nitrogens with zero attached hydrogens (tertiary/aromatic N) is 3. The molecule has 1 aromatic carbocycles. The predicted octanol–water partition coefficient (Wildman–Crippen LogP) is 2.57. The molecule has 0 amide bonds. The van der Waals surface area contributed by atoms with E-state index in [9.17, 15) is 15.0 Å². The molecule has 0 bridgehead atoms. The van der Waals surface area contributed by atoms with Crippen LogP contribution in [0.3, 0.4) is 0 Å². The fourth-order valence-corrected chi connectivity index (χ4v) is 5.65. The van der Waals surface area contributed by atoms with Crippen LogP contribution in [0.4, 0.5) is 5.95 Å². The number of rotatable bonds is 3. The highest BCUT2D eigenvalue weighted by Crippen LogP contribution is 2.34. The van der Waals surface area contributed by atoms with Crippen LogP contribution < -0.4 is 10.5 Å². The maximum atomic E-state index is 12.9. The fraction of sp³-hybridized carbons (Fsp3) is 0.583. The van der Waals surface area contributed by atoms with Gasteiger partial charge < -0.3 is 15.1 Å². The van der Waals surface area contributed by atoms with Gasteiger partial charge in [-0.15, -0.1) is 0 Å². The van der Waals surface area contributed by atoms with Crippen molar-refractivity contribution in [3.8, 4) is 0 Å². The zero-order valence-corrected chi connectivity index (χ0v) is 19.0. The molecule has 172 valence electrons. The van der Waals surface area contributed by atoms with E-state index in [4.69, 9.17) is 16.6 Å². The molecule has 3 heterocycles. The standard InChI is InChI=1S/C24H31ClN4O3/c25-17-7-5-16(6-8-17)24(32)10-13-28(14-11-24)23-26-19-9-12-29(15-18(19)22(31)27-23)20-3-1-2-4-21(20)30/h5-8,20-21,30,32H,1-4,9-15H2,(H,26,27,31)/t20-,21-/m0/s1. The summed E-state index contributed by atoms with van der Waals surface area (Å²) in [6.07, 6.45) is 5.59. The second-order valence-corrected chi connectivity index (χ2v) is 9.92. The van der Waals surface area contributed by atoms with E-state index in [-0.39, 0.29) is 17.7 Å². The number of aliphatic hydroxyl groups excluding tert-OH is 1. The number of H-pyrrole nitrogens is 1. The molecule has 0 radical (unpaired) electrons. The Balaban J connectivity index is 1.29. The minimum absolute atomic E-state index is 0.0847. The van der Waals surface area contributed by atoms with Gasteiger partial charge in [0.25, 0.3) is 5.56 Å². The highest BCUT2D eigenvalue weighted by Gasteiger charge is 2.36. The van der Waals surface area contributed by atoms with E-state index in [1.807, 2.05) is 12.1 Å². The molecule has 8 heteroatoms. The molecule has 2 aliphatic heterocycles. The summed E-state index contributed by atoms with van der Waals surface area (Å²) in [5.41, 5.74) is 1.49. The zero-order valence-electron chi connectivity index (χ0n) is 18.3. The molecule has 3 aliphatic rings. The van der Waals surface area contributed by atoms with Crippen LogP contribution in [0.5, 0.6) is 0 Å². The summed E-state index contributed by atoms with van der Waals surface area (Å²) in [6, 6.07) is 7.51. The van der Waals surface area contributed by atoms with Crippen molar-refractivity contribution in [1.82, 2.24) is 14.9 Å². The van der Waals surface area contributed by atoms with Crippen molar-refractivity contribution in [2.24, 2.45) is 0 Å². The molecule has 7 nitrogen and oxygen atoms in total. The third-order valence-corrected chi connectivity index (χ3v) is 7.77. The van der Waals surface area contributed by atoms with Gasteiger partial charge in [-0.1, -0.05) is 36.6 Å². The van der Waals surface area contributed by atoms with E-state index in [1.165, 1.54) is 0 Å². The molecule has 5 rings (SSSR count). The Morgan fingerprint density at radius 2 is 1.81 bits per heavy atom. The van der Waals surface area contributed by atoms with E-state index in [0.717, 1.165) is 55.5 Å².